The molecule has 0 saturated carbocycles. The molecule has 0 aliphatic rings. The Kier molecular flexibility index (Phi) is 2.85. The van der Waals surface area contributed by atoms with Crippen molar-refractivity contribution in [3.05, 3.63) is 16.1 Å². The number of aromatic nitrogens is 1. The van der Waals surface area contributed by atoms with Crippen LogP contribution >= 0.6 is 11.3 Å². The second-order valence-electron chi connectivity index (χ2n) is 3.92. The number of nitrogens with zero attached hydrogens (tertiary/aromatic N) is 1. The first-order chi connectivity index (χ1) is 5.54. The number of rotatable bonds is 2. The first-order valence-corrected chi connectivity index (χ1v) is 5.07. The molecule has 0 spiro atoms. The molecule has 0 aliphatic carbocycles. The highest BCUT2D eigenvalue weighted by Crippen LogP contribution is 2.23. The first kappa shape index (κ1) is 9.68. The van der Waals surface area contributed by atoms with E-state index in [1.54, 1.807) is 11.3 Å². The monoisotopic (exact) mass is 184 g/mol. The zero-order valence-corrected chi connectivity index (χ0v) is 8.74. The van der Waals surface area contributed by atoms with Crippen molar-refractivity contribution >= 4 is 11.3 Å². The molecule has 0 saturated heterocycles. The quantitative estimate of drug-likeness (QED) is 0.763. The van der Waals surface area contributed by atoms with Crippen LogP contribution in [0.3, 0.4) is 0 Å². The Balaban J connectivity index is 2.77. The summed E-state index contributed by atoms with van der Waals surface area (Å²) in [6.45, 7) is 7.22. The summed E-state index contributed by atoms with van der Waals surface area (Å²) < 4.78 is 0. The lowest BCUT2D eigenvalue weighted by Gasteiger charge is -2.14. The smallest absolute Gasteiger partial charge is 0.0941 e. The molecular formula is C9H16N2S. The molecule has 0 atom stereocenters. The fourth-order valence-corrected chi connectivity index (χ4v) is 1.93. The Morgan fingerprint density at radius 3 is 2.58 bits per heavy atom. The summed E-state index contributed by atoms with van der Waals surface area (Å²) in [6.07, 6.45) is 0.904. The van der Waals surface area contributed by atoms with Crippen LogP contribution in [0, 0.1) is 0 Å². The van der Waals surface area contributed by atoms with Gasteiger partial charge in [-0.2, -0.15) is 0 Å². The van der Waals surface area contributed by atoms with E-state index in [0.717, 1.165) is 11.4 Å². The molecule has 0 bridgehead atoms. The Morgan fingerprint density at radius 1 is 1.50 bits per heavy atom. The predicted octanol–water partition coefficient (Wildman–Crippen LogP) is 1.94. The Hall–Kier alpha value is -0.410. The van der Waals surface area contributed by atoms with Crippen LogP contribution in [0.25, 0.3) is 0 Å². The zero-order valence-electron chi connectivity index (χ0n) is 7.92. The molecule has 12 heavy (non-hydrogen) atoms. The summed E-state index contributed by atoms with van der Waals surface area (Å²) >= 11 is 1.71. The number of nitrogens with two attached hydrogens (primary N) is 1. The van der Waals surface area contributed by atoms with Crippen molar-refractivity contribution in [2.45, 2.75) is 32.6 Å². The highest BCUT2D eigenvalue weighted by Gasteiger charge is 2.16. The average molecular weight is 184 g/mol. The summed E-state index contributed by atoms with van der Waals surface area (Å²) in [4.78, 5) is 4.51. The minimum absolute atomic E-state index is 0.170. The molecule has 0 unspecified atom stereocenters. The summed E-state index contributed by atoms with van der Waals surface area (Å²) in [6, 6.07) is 0. The van der Waals surface area contributed by atoms with Crippen molar-refractivity contribution in [1.82, 2.24) is 4.98 Å². The summed E-state index contributed by atoms with van der Waals surface area (Å²) in [5, 5.41) is 3.28. The molecule has 0 amide bonds. The highest BCUT2D eigenvalue weighted by atomic mass is 32.1. The van der Waals surface area contributed by atoms with Crippen LogP contribution in [0.15, 0.2) is 5.38 Å². The van der Waals surface area contributed by atoms with Crippen molar-refractivity contribution in [2.24, 2.45) is 5.73 Å². The molecular weight excluding hydrogens is 168 g/mol. The lowest BCUT2D eigenvalue weighted by molar-refractivity contribution is 0.571. The molecule has 2 N–H and O–H groups in total. The molecule has 0 fully saturated rings. The van der Waals surface area contributed by atoms with Crippen LogP contribution in [-0.2, 0) is 11.8 Å². The molecule has 1 aromatic heterocycles. The Bertz CT molecular complexity index is 247. The summed E-state index contributed by atoms with van der Waals surface area (Å²) in [5.41, 5.74) is 6.79. The lowest BCUT2D eigenvalue weighted by Crippen LogP contribution is -2.12. The average Bonchev–Trinajstić information content (AvgIpc) is 2.35. The fraction of sp³-hybridized carbons (Fsp3) is 0.667. The van der Waals surface area contributed by atoms with E-state index in [-0.39, 0.29) is 5.41 Å². The van der Waals surface area contributed by atoms with Crippen molar-refractivity contribution in [2.75, 3.05) is 6.54 Å². The second kappa shape index (κ2) is 3.54. The van der Waals surface area contributed by atoms with Gasteiger partial charge in [0.15, 0.2) is 0 Å². The second-order valence-corrected chi connectivity index (χ2v) is 4.86. The van der Waals surface area contributed by atoms with Gasteiger partial charge in [0, 0.05) is 17.2 Å². The maximum atomic E-state index is 5.45. The molecule has 0 radical (unpaired) electrons. The Labute approximate surface area is 77.8 Å². The number of hydrogen-bond donors (Lipinski definition) is 1. The van der Waals surface area contributed by atoms with Crippen molar-refractivity contribution in [1.29, 1.82) is 0 Å². The minimum atomic E-state index is 0.170. The molecule has 2 nitrogen and oxygen atoms in total. The third-order valence-corrected chi connectivity index (χ3v) is 2.59. The van der Waals surface area contributed by atoms with Crippen molar-refractivity contribution in [3.8, 4) is 0 Å². The van der Waals surface area contributed by atoms with E-state index >= 15 is 0 Å². The summed E-state index contributed by atoms with van der Waals surface area (Å²) in [5.74, 6) is 0. The van der Waals surface area contributed by atoms with Crippen molar-refractivity contribution in [3.63, 3.8) is 0 Å². The molecule has 0 aliphatic heterocycles. The van der Waals surface area contributed by atoms with E-state index in [0.29, 0.717) is 6.54 Å². The van der Waals surface area contributed by atoms with E-state index in [4.69, 9.17) is 5.73 Å². The standard InChI is InChI=1S/C9H16N2S/c1-9(2,3)7-6-12-8(11-7)4-5-10/h6H,4-5,10H2,1-3H3. The highest BCUT2D eigenvalue weighted by molar-refractivity contribution is 7.09. The fourth-order valence-electron chi connectivity index (χ4n) is 0.894. The van der Waals surface area contributed by atoms with Crippen molar-refractivity contribution < 1.29 is 0 Å². The van der Waals surface area contributed by atoms with Crippen LogP contribution in [-0.4, -0.2) is 11.5 Å². The molecule has 1 heterocycles. The van der Waals surface area contributed by atoms with Crippen LogP contribution in [0.5, 0.6) is 0 Å². The van der Waals surface area contributed by atoms with Gasteiger partial charge in [0.2, 0.25) is 0 Å². The van der Waals surface area contributed by atoms with Gasteiger partial charge in [-0.05, 0) is 6.54 Å². The molecule has 0 aromatic carbocycles. The van der Waals surface area contributed by atoms with E-state index in [1.807, 2.05) is 0 Å². The minimum Gasteiger partial charge on any atom is -0.330 e. The van der Waals surface area contributed by atoms with Gasteiger partial charge in [-0.3, -0.25) is 0 Å². The maximum absolute atomic E-state index is 5.45. The topological polar surface area (TPSA) is 38.9 Å². The zero-order chi connectivity index (χ0) is 9.19. The predicted molar refractivity (Wildman–Crippen MR) is 53.6 cm³/mol. The van der Waals surface area contributed by atoms with Crippen LogP contribution < -0.4 is 5.73 Å². The van der Waals surface area contributed by atoms with Gasteiger partial charge in [-0.15, -0.1) is 11.3 Å². The maximum Gasteiger partial charge on any atom is 0.0941 e. The Morgan fingerprint density at radius 2 is 2.17 bits per heavy atom. The summed E-state index contributed by atoms with van der Waals surface area (Å²) in [7, 11) is 0. The lowest BCUT2D eigenvalue weighted by atomic mass is 9.93. The largest absolute Gasteiger partial charge is 0.330 e. The molecule has 1 rings (SSSR count). The third kappa shape index (κ3) is 2.29. The third-order valence-electron chi connectivity index (χ3n) is 1.68. The molecule has 68 valence electrons. The number of hydrogen-bond acceptors (Lipinski definition) is 3. The first-order valence-electron chi connectivity index (χ1n) is 4.19. The van der Waals surface area contributed by atoms with E-state index in [9.17, 15) is 0 Å². The van der Waals surface area contributed by atoms with E-state index in [2.05, 4.69) is 31.1 Å². The van der Waals surface area contributed by atoms with Gasteiger partial charge in [0.25, 0.3) is 0 Å². The normalized spacial score (nSPS) is 12.0. The van der Waals surface area contributed by atoms with Gasteiger partial charge in [0.05, 0.1) is 10.7 Å². The molecule has 3 heteroatoms. The van der Waals surface area contributed by atoms with Gasteiger partial charge in [0.1, 0.15) is 0 Å². The molecule has 1 aromatic rings. The van der Waals surface area contributed by atoms with Gasteiger partial charge < -0.3 is 5.73 Å². The van der Waals surface area contributed by atoms with Gasteiger partial charge in [-0.1, -0.05) is 20.8 Å². The van der Waals surface area contributed by atoms with E-state index in [1.165, 1.54) is 5.69 Å². The van der Waals surface area contributed by atoms with Crippen LogP contribution in [0.4, 0.5) is 0 Å². The van der Waals surface area contributed by atoms with Gasteiger partial charge in [-0.25, -0.2) is 4.98 Å². The SMILES string of the molecule is CC(C)(C)c1csc(CCN)n1. The van der Waals surface area contributed by atoms with Crippen LogP contribution in [0.2, 0.25) is 0 Å². The van der Waals surface area contributed by atoms with Gasteiger partial charge >= 0.3 is 0 Å². The number of thiazole rings is 1. The van der Waals surface area contributed by atoms with Crippen LogP contribution in [0.1, 0.15) is 31.5 Å². The van der Waals surface area contributed by atoms with E-state index < -0.39 is 0 Å².